The highest BCUT2D eigenvalue weighted by atomic mass is 35.5. The van der Waals surface area contributed by atoms with E-state index in [2.05, 4.69) is 5.32 Å². The molecule has 0 unspecified atom stereocenters. The maximum absolute atomic E-state index is 13.4. The number of rotatable bonds is 3. The van der Waals surface area contributed by atoms with E-state index in [0.717, 1.165) is 24.3 Å². The van der Waals surface area contributed by atoms with Crippen molar-refractivity contribution in [3.63, 3.8) is 0 Å². The zero-order valence-electron chi connectivity index (χ0n) is 10.5. The molecule has 0 aliphatic rings. The lowest BCUT2D eigenvalue weighted by Gasteiger charge is -2.09. The second-order valence-electron chi connectivity index (χ2n) is 4.19. The first kappa shape index (κ1) is 15.4. The van der Waals surface area contributed by atoms with Crippen molar-refractivity contribution < 1.29 is 23.6 Å². The van der Waals surface area contributed by atoms with Crippen LogP contribution in [0.1, 0.15) is 10.4 Å². The highest BCUT2D eigenvalue weighted by Gasteiger charge is 2.18. The highest BCUT2D eigenvalue weighted by molar-refractivity contribution is 6.62. The number of anilines is 1. The predicted molar refractivity (Wildman–Crippen MR) is 75.6 cm³/mol. The molecule has 2 aromatic carbocycles. The normalized spacial score (nSPS) is 10.3. The average Bonchev–Trinajstić information content (AvgIpc) is 2.43. The lowest BCUT2D eigenvalue weighted by atomic mass is 9.79. The minimum atomic E-state index is -1.85. The third-order valence-corrected chi connectivity index (χ3v) is 3.06. The molecule has 1 amide bonds. The van der Waals surface area contributed by atoms with Crippen LogP contribution in [0.2, 0.25) is 5.02 Å². The maximum atomic E-state index is 13.4. The van der Waals surface area contributed by atoms with Crippen molar-refractivity contribution in [2.75, 3.05) is 5.32 Å². The monoisotopic (exact) mass is 311 g/mol. The van der Waals surface area contributed by atoms with Crippen molar-refractivity contribution in [3.8, 4) is 0 Å². The molecule has 2 rings (SSSR count). The van der Waals surface area contributed by atoms with Crippen LogP contribution in [0, 0.1) is 11.6 Å². The van der Waals surface area contributed by atoms with Gasteiger partial charge >= 0.3 is 7.12 Å². The second kappa shape index (κ2) is 6.21. The molecule has 2 aromatic rings. The molecular formula is C13H9BClF2NO3. The van der Waals surface area contributed by atoms with E-state index in [1.807, 2.05) is 0 Å². The number of nitrogens with one attached hydrogen (secondary N) is 1. The van der Waals surface area contributed by atoms with E-state index in [4.69, 9.17) is 21.6 Å². The Morgan fingerprint density at radius 2 is 1.86 bits per heavy atom. The predicted octanol–water partition coefficient (Wildman–Crippen LogP) is 1.55. The third-order valence-electron chi connectivity index (χ3n) is 2.71. The van der Waals surface area contributed by atoms with E-state index in [1.165, 1.54) is 12.1 Å². The van der Waals surface area contributed by atoms with Gasteiger partial charge in [-0.2, -0.15) is 0 Å². The Labute approximate surface area is 124 Å². The Balaban J connectivity index is 2.28. The van der Waals surface area contributed by atoms with Gasteiger partial charge < -0.3 is 15.4 Å². The molecule has 0 bridgehead atoms. The number of amides is 1. The van der Waals surface area contributed by atoms with E-state index >= 15 is 0 Å². The smallest absolute Gasteiger partial charge is 0.423 e. The average molecular weight is 311 g/mol. The van der Waals surface area contributed by atoms with Gasteiger partial charge in [-0.25, -0.2) is 8.78 Å². The Morgan fingerprint density at radius 1 is 1.14 bits per heavy atom. The van der Waals surface area contributed by atoms with Gasteiger partial charge in [0.1, 0.15) is 11.6 Å². The van der Waals surface area contributed by atoms with Crippen molar-refractivity contribution in [2.45, 2.75) is 0 Å². The first-order valence-electron chi connectivity index (χ1n) is 5.80. The molecule has 0 aromatic heterocycles. The number of halogens is 3. The zero-order chi connectivity index (χ0) is 15.6. The van der Waals surface area contributed by atoms with Crippen molar-refractivity contribution in [3.05, 3.63) is 58.6 Å². The summed E-state index contributed by atoms with van der Waals surface area (Å²) in [5.41, 5.74) is -0.365. The minimum absolute atomic E-state index is 0.0196. The number of hydrogen-bond donors (Lipinski definition) is 3. The SMILES string of the molecule is O=C(Nc1cc(F)ccc1F)c1ccc(Cl)c(B(O)O)c1. The summed E-state index contributed by atoms with van der Waals surface area (Å²) in [7, 11) is -1.85. The van der Waals surface area contributed by atoms with E-state index in [9.17, 15) is 13.6 Å². The lowest BCUT2D eigenvalue weighted by molar-refractivity contribution is 0.102. The summed E-state index contributed by atoms with van der Waals surface area (Å²) < 4.78 is 26.5. The summed E-state index contributed by atoms with van der Waals surface area (Å²) >= 11 is 5.74. The standard InChI is InChI=1S/C13H9BClF2NO3/c15-10-3-1-7(5-9(10)14(20)21)13(19)18-12-6-8(16)2-4-11(12)17/h1-6,20-21H,(H,18,19). The van der Waals surface area contributed by atoms with Crippen LogP contribution < -0.4 is 10.8 Å². The Morgan fingerprint density at radius 3 is 2.52 bits per heavy atom. The topological polar surface area (TPSA) is 69.6 Å². The van der Waals surface area contributed by atoms with E-state index < -0.39 is 24.7 Å². The lowest BCUT2D eigenvalue weighted by Crippen LogP contribution is -2.32. The third kappa shape index (κ3) is 3.58. The largest absolute Gasteiger partial charge is 0.489 e. The van der Waals surface area contributed by atoms with Crippen LogP contribution in [0.3, 0.4) is 0 Å². The van der Waals surface area contributed by atoms with Gasteiger partial charge in [-0.05, 0) is 30.3 Å². The fourth-order valence-electron chi connectivity index (χ4n) is 1.67. The van der Waals surface area contributed by atoms with Crippen LogP contribution in [-0.4, -0.2) is 23.1 Å². The molecule has 4 nitrogen and oxygen atoms in total. The van der Waals surface area contributed by atoms with Gasteiger partial charge in [-0.15, -0.1) is 0 Å². The molecule has 0 saturated carbocycles. The Bertz CT molecular complexity index is 697. The van der Waals surface area contributed by atoms with Crippen LogP contribution in [-0.2, 0) is 0 Å². The van der Waals surface area contributed by atoms with Crippen molar-refractivity contribution in [1.82, 2.24) is 0 Å². The van der Waals surface area contributed by atoms with Gasteiger partial charge in [0.15, 0.2) is 0 Å². The molecule has 8 heteroatoms. The molecule has 21 heavy (non-hydrogen) atoms. The second-order valence-corrected chi connectivity index (χ2v) is 4.60. The Hall–Kier alpha value is -1.96. The van der Waals surface area contributed by atoms with Crippen molar-refractivity contribution in [2.24, 2.45) is 0 Å². The molecule has 0 radical (unpaired) electrons. The van der Waals surface area contributed by atoms with Crippen molar-refractivity contribution in [1.29, 1.82) is 0 Å². The summed E-state index contributed by atoms with van der Waals surface area (Å²) in [5, 5.41) is 20.5. The van der Waals surface area contributed by atoms with E-state index in [-0.39, 0.29) is 21.7 Å². The number of carbonyl (C=O) groups is 1. The molecule has 0 heterocycles. The van der Waals surface area contributed by atoms with Gasteiger partial charge in [-0.3, -0.25) is 4.79 Å². The van der Waals surface area contributed by atoms with Crippen LogP contribution in [0.5, 0.6) is 0 Å². The maximum Gasteiger partial charge on any atom is 0.489 e. The van der Waals surface area contributed by atoms with Crippen LogP contribution >= 0.6 is 11.6 Å². The molecular weight excluding hydrogens is 302 g/mol. The van der Waals surface area contributed by atoms with Gasteiger partial charge in [0.25, 0.3) is 5.91 Å². The number of carbonyl (C=O) groups excluding carboxylic acids is 1. The highest BCUT2D eigenvalue weighted by Crippen LogP contribution is 2.17. The Kier molecular flexibility index (Phi) is 4.57. The number of hydrogen-bond acceptors (Lipinski definition) is 3. The van der Waals surface area contributed by atoms with Crippen LogP contribution in [0.15, 0.2) is 36.4 Å². The molecule has 0 fully saturated rings. The first-order chi connectivity index (χ1) is 9.88. The molecule has 0 spiro atoms. The minimum Gasteiger partial charge on any atom is -0.423 e. The van der Waals surface area contributed by atoms with Gasteiger partial charge in [0.05, 0.1) is 5.69 Å². The molecule has 0 aliphatic heterocycles. The van der Waals surface area contributed by atoms with Gasteiger partial charge in [0, 0.05) is 22.1 Å². The van der Waals surface area contributed by atoms with E-state index in [0.29, 0.717) is 0 Å². The summed E-state index contributed by atoms with van der Waals surface area (Å²) in [4.78, 5) is 12.0. The van der Waals surface area contributed by atoms with E-state index in [1.54, 1.807) is 0 Å². The zero-order valence-corrected chi connectivity index (χ0v) is 11.2. The van der Waals surface area contributed by atoms with Crippen molar-refractivity contribution >= 4 is 35.8 Å². The molecule has 3 N–H and O–H groups in total. The first-order valence-corrected chi connectivity index (χ1v) is 6.18. The summed E-state index contributed by atoms with van der Waals surface area (Å²) in [6, 6.07) is 6.42. The van der Waals surface area contributed by atoms with Crippen LogP contribution in [0.25, 0.3) is 0 Å². The summed E-state index contributed by atoms with van der Waals surface area (Å²) in [6.07, 6.45) is 0. The van der Waals surface area contributed by atoms with Crippen LogP contribution in [0.4, 0.5) is 14.5 Å². The summed E-state index contributed by atoms with van der Waals surface area (Å²) in [5.74, 6) is -2.23. The summed E-state index contributed by atoms with van der Waals surface area (Å²) in [6.45, 7) is 0. The fourth-order valence-corrected chi connectivity index (χ4v) is 1.89. The number of benzene rings is 2. The molecule has 108 valence electrons. The molecule has 0 saturated heterocycles. The van der Waals surface area contributed by atoms with Gasteiger partial charge in [0.2, 0.25) is 0 Å². The molecule has 0 atom stereocenters. The molecule has 0 aliphatic carbocycles. The fraction of sp³-hybridized carbons (Fsp3) is 0. The quantitative estimate of drug-likeness (QED) is 0.753. The van der Waals surface area contributed by atoms with Gasteiger partial charge in [-0.1, -0.05) is 11.6 Å².